The summed E-state index contributed by atoms with van der Waals surface area (Å²) in [5, 5.41) is 3.68. The van der Waals surface area contributed by atoms with Crippen molar-refractivity contribution in [3.8, 4) is 0 Å². The van der Waals surface area contributed by atoms with Crippen molar-refractivity contribution in [3.05, 3.63) is 35.4 Å². The Bertz CT molecular complexity index is 451. The molecule has 2 unspecified atom stereocenters. The maximum Gasteiger partial charge on any atom is 0.0797 e. The van der Waals surface area contributed by atoms with Gasteiger partial charge in [-0.05, 0) is 62.1 Å². The summed E-state index contributed by atoms with van der Waals surface area (Å²) in [5.74, 6) is 1.56. The molecule has 21 heavy (non-hydrogen) atoms. The Morgan fingerprint density at radius 1 is 1.19 bits per heavy atom. The summed E-state index contributed by atoms with van der Waals surface area (Å²) >= 11 is 0. The summed E-state index contributed by atoms with van der Waals surface area (Å²) in [6, 6.07) is 9.62. The van der Waals surface area contributed by atoms with E-state index >= 15 is 0 Å². The molecule has 2 aliphatic carbocycles. The molecule has 0 bridgehead atoms. The second-order valence-corrected chi connectivity index (χ2v) is 6.59. The zero-order valence-corrected chi connectivity index (χ0v) is 13.5. The molecule has 0 aliphatic heterocycles. The molecule has 1 N–H and O–H groups in total. The van der Waals surface area contributed by atoms with E-state index in [4.69, 9.17) is 4.74 Å². The highest BCUT2D eigenvalue weighted by molar-refractivity contribution is 5.30. The second-order valence-electron chi connectivity index (χ2n) is 6.59. The highest BCUT2D eigenvalue weighted by Gasteiger charge is 2.37. The predicted molar refractivity (Wildman–Crippen MR) is 87.6 cm³/mol. The fraction of sp³-hybridized carbons (Fsp3) is 0.684. The number of nitrogens with one attached hydrogen (secondary N) is 1. The van der Waals surface area contributed by atoms with Crippen LogP contribution in [0.25, 0.3) is 0 Å². The standard InChI is InChI=1S/C19H29NO/c1-3-20-18(19(21-4-2)15-11-12-15)17-10-6-9-16(13-17)14-7-5-8-14/h6,9-10,13-15,18-20H,3-5,7-8,11-12H2,1-2H3. The van der Waals surface area contributed by atoms with E-state index in [0.717, 1.165) is 25.0 Å². The van der Waals surface area contributed by atoms with Crippen LogP contribution in [0.3, 0.4) is 0 Å². The molecule has 0 amide bonds. The maximum atomic E-state index is 6.11. The normalized spacial score (nSPS) is 21.8. The van der Waals surface area contributed by atoms with Crippen molar-refractivity contribution < 1.29 is 4.74 Å². The van der Waals surface area contributed by atoms with E-state index in [1.54, 1.807) is 0 Å². The molecule has 0 radical (unpaired) electrons. The molecule has 2 fully saturated rings. The molecule has 2 aliphatic rings. The van der Waals surface area contributed by atoms with Crippen molar-refractivity contribution in [2.45, 2.75) is 64.0 Å². The highest BCUT2D eigenvalue weighted by Crippen LogP contribution is 2.41. The van der Waals surface area contributed by atoms with Gasteiger partial charge in [0, 0.05) is 6.61 Å². The van der Waals surface area contributed by atoms with E-state index in [2.05, 4.69) is 43.4 Å². The van der Waals surface area contributed by atoms with Gasteiger partial charge in [0.25, 0.3) is 0 Å². The fourth-order valence-corrected chi connectivity index (χ4v) is 3.51. The Morgan fingerprint density at radius 3 is 2.57 bits per heavy atom. The quantitative estimate of drug-likeness (QED) is 0.764. The van der Waals surface area contributed by atoms with Gasteiger partial charge in [0.2, 0.25) is 0 Å². The van der Waals surface area contributed by atoms with Crippen molar-refractivity contribution in [1.29, 1.82) is 0 Å². The lowest BCUT2D eigenvalue weighted by atomic mass is 9.79. The minimum absolute atomic E-state index is 0.339. The molecule has 116 valence electrons. The van der Waals surface area contributed by atoms with Crippen molar-refractivity contribution in [2.75, 3.05) is 13.2 Å². The summed E-state index contributed by atoms with van der Waals surface area (Å²) in [6.45, 7) is 6.11. The van der Waals surface area contributed by atoms with Crippen LogP contribution in [0, 0.1) is 5.92 Å². The van der Waals surface area contributed by atoms with Crippen molar-refractivity contribution in [3.63, 3.8) is 0 Å². The Labute approximate surface area is 129 Å². The van der Waals surface area contributed by atoms with Crippen LogP contribution in [-0.2, 0) is 4.74 Å². The van der Waals surface area contributed by atoms with Crippen LogP contribution in [-0.4, -0.2) is 19.3 Å². The topological polar surface area (TPSA) is 21.3 Å². The third-order valence-electron chi connectivity index (χ3n) is 5.04. The lowest BCUT2D eigenvalue weighted by Crippen LogP contribution is -2.35. The Kier molecular flexibility index (Phi) is 4.97. The highest BCUT2D eigenvalue weighted by atomic mass is 16.5. The van der Waals surface area contributed by atoms with E-state index in [0.29, 0.717) is 12.1 Å². The Balaban J connectivity index is 1.81. The largest absolute Gasteiger partial charge is 0.376 e. The predicted octanol–water partition coefficient (Wildman–Crippen LogP) is 4.42. The number of hydrogen-bond donors (Lipinski definition) is 1. The Hall–Kier alpha value is -0.860. The van der Waals surface area contributed by atoms with Crippen LogP contribution in [0.15, 0.2) is 24.3 Å². The molecular weight excluding hydrogens is 258 g/mol. The van der Waals surface area contributed by atoms with E-state index in [9.17, 15) is 0 Å². The molecular formula is C19H29NO. The molecule has 1 aromatic rings. The van der Waals surface area contributed by atoms with Gasteiger partial charge in [-0.3, -0.25) is 0 Å². The van der Waals surface area contributed by atoms with Gasteiger partial charge in [0.15, 0.2) is 0 Å². The number of ether oxygens (including phenoxy) is 1. The van der Waals surface area contributed by atoms with Crippen LogP contribution in [0.1, 0.15) is 69.0 Å². The summed E-state index contributed by atoms with van der Waals surface area (Å²) in [7, 11) is 0. The number of rotatable bonds is 8. The van der Waals surface area contributed by atoms with E-state index in [1.807, 2.05) is 0 Å². The first-order valence-corrected chi connectivity index (χ1v) is 8.78. The smallest absolute Gasteiger partial charge is 0.0797 e. The SMILES string of the molecule is CCNC(c1cccc(C2CCC2)c1)C(OCC)C1CC1. The monoisotopic (exact) mass is 287 g/mol. The minimum Gasteiger partial charge on any atom is -0.376 e. The van der Waals surface area contributed by atoms with Crippen LogP contribution in [0.5, 0.6) is 0 Å². The molecule has 0 saturated heterocycles. The zero-order chi connectivity index (χ0) is 14.7. The van der Waals surface area contributed by atoms with Crippen molar-refractivity contribution in [1.82, 2.24) is 5.32 Å². The third-order valence-corrected chi connectivity index (χ3v) is 5.04. The third kappa shape index (κ3) is 3.49. The van der Waals surface area contributed by atoms with Crippen LogP contribution >= 0.6 is 0 Å². The van der Waals surface area contributed by atoms with Gasteiger partial charge < -0.3 is 10.1 Å². The number of likely N-dealkylation sites (N-methyl/N-ethyl adjacent to an activating group) is 1. The van der Waals surface area contributed by atoms with Crippen molar-refractivity contribution in [2.24, 2.45) is 5.92 Å². The molecule has 2 saturated carbocycles. The van der Waals surface area contributed by atoms with Crippen molar-refractivity contribution >= 4 is 0 Å². The number of benzene rings is 1. The average molecular weight is 287 g/mol. The molecule has 0 aromatic heterocycles. The maximum absolute atomic E-state index is 6.11. The van der Waals surface area contributed by atoms with Crippen LogP contribution in [0.4, 0.5) is 0 Å². The molecule has 1 aromatic carbocycles. The van der Waals surface area contributed by atoms with Gasteiger partial charge in [-0.15, -0.1) is 0 Å². The molecule has 2 heteroatoms. The summed E-state index contributed by atoms with van der Waals surface area (Å²) in [5.41, 5.74) is 2.96. The van der Waals surface area contributed by atoms with Crippen LogP contribution in [0.2, 0.25) is 0 Å². The molecule has 3 rings (SSSR count). The molecule has 2 atom stereocenters. The first-order valence-electron chi connectivity index (χ1n) is 8.78. The van der Waals surface area contributed by atoms with Gasteiger partial charge in [0.05, 0.1) is 12.1 Å². The van der Waals surface area contributed by atoms with Gasteiger partial charge in [-0.2, -0.15) is 0 Å². The first-order chi connectivity index (χ1) is 10.3. The molecule has 0 heterocycles. The fourth-order valence-electron chi connectivity index (χ4n) is 3.51. The van der Waals surface area contributed by atoms with Gasteiger partial charge in [-0.25, -0.2) is 0 Å². The average Bonchev–Trinajstić information content (AvgIpc) is 3.26. The Morgan fingerprint density at radius 2 is 2.00 bits per heavy atom. The molecule has 2 nitrogen and oxygen atoms in total. The summed E-state index contributed by atoms with van der Waals surface area (Å²) in [6.07, 6.45) is 7.13. The van der Waals surface area contributed by atoms with E-state index < -0.39 is 0 Å². The zero-order valence-electron chi connectivity index (χ0n) is 13.5. The summed E-state index contributed by atoms with van der Waals surface area (Å²) < 4.78 is 6.11. The van der Waals surface area contributed by atoms with Gasteiger partial charge in [0.1, 0.15) is 0 Å². The summed E-state index contributed by atoms with van der Waals surface area (Å²) in [4.78, 5) is 0. The lowest BCUT2D eigenvalue weighted by Gasteiger charge is -2.30. The van der Waals surface area contributed by atoms with Crippen LogP contribution < -0.4 is 5.32 Å². The first kappa shape index (κ1) is 15.1. The molecule has 0 spiro atoms. The number of hydrogen-bond acceptors (Lipinski definition) is 2. The van der Waals surface area contributed by atoms with Gasteiger partial charge in [-0.1, -0.05) is 37.6 Å². The second kappa shape index (κ2) is 6.93. The lowest BCUT2D eigenvalue weighted by molar-refractivity contribution is 0.0189. The van der Waals surface area contributed by atoms with E-state index in [1.165, 1.54) is 43.2 Å². The van der Waals surface area contributed by atoms with E-state index in [-0.39, 0.29) is 0 Å². The minimum atomic E-state index is 0.339. The van der Waals surface area contributed by atoms with Gasteiger partial charge >= 0.3 is 0 Å².